The molecule has 23 heavy (non-hydrogen) atoms. The Bertz CT molecular complexity index is 540. The summed E-state index contributed by atoms with van der Waals surface area (Å²) in [5.74, 6) is -3.76. The van der Waals surface area contributed by atoms with Gasteiger partial charge in [0.1, 0.15) is 19.3 Å². The summed E-state index contributed by atoms with van der Waals surface area (Å²) in [7, 11) is 1.12. The lowest BCUT2D eigenvalue weighted by Crippen LogP contribution is -2.37. The van der Waals surface area contributed by atoms with E-state index in [0.717, 1.165) is 19.3 Å². The van der Waals surface area contributed by atoms with Crippen LogP contribution in [0.15, 0.2) is 12.2 Å². The van der Waals surface area contributed by atoms with Crippen molar-refractivity contribution in [2.75, 3.05) is 20.3 Å². The van der Waals surface area contributed by atoms with Gasteiger partial charge in [-0.2, -0.15) is 0 Å². The van der Waals surface area contributed by atoms with Gasteiger partial charge in [-0.25, -0.2) is 14.4 Å². The van der Waals surface area contributed by atoms with Gasteiger partial charge in [0.25, 0.3) is 0 Å². The second-order valence-corrected chi connectivity index (χ2v) is 4.40. The zero-order valence-electron chi connectivity index (χ0n) is 12.1. The van der Waals surface area contributed by atoms with Crippen molar-refractivity contribution in [1.82, 2.24) is 5.32 Å². The Labute approximate surface area is 130 Å². The van der Waals surface area contributed by atoms with Crippen LogP contribution in [0, 0.1) is 0 Å². The van der Waals surface area contributed by atoms with Crippen LogP contribution >= 0.6 is 0 Å². The predicted octanol–water partition coefficient (Wildman–Crippen LogP) is -2.38. The molecule has 1 aliphatic rings. The van der Waals surface area contributed by atoms with Gasteiger partial charge in [0.05, 0.1) is 13.5 Å². The number of hydrogen-bond donors (Lipinski definition) is 2. The average molecular weight is 329 g/mol. The number of aliphatic hydroxyl groups is 1. The molecule has 10 heteroatoms. The van der Waals surface area contributed by atoms with E-state index in [2.05, 4.69) is 19.5 Å². The van der Waals surface area contributed by atoms with Gasteiger partial charge in [-0.15, -0.1) is 0 Å². The fraction of sp³-hybridized carbons (Fsp3) is 0.462. The highest BCUT2D eigenvalue weighted by Crippen LogP contribution is 2.03. The molecular weight excluding hydrogens is 314 g/mol. The summed E-state index contributed by atoms with van der Waals surface area (Å²) < 4.78 is 13.4. The Morgan fingerprint density at radius 3 is 2.48 bits per heavy atom. The van der Waals surface area contributed by atoms with Crippen LogP contribution in [0.1, 0.15) is 6.42 Å². The van der Waals surface area contributed by atoms with Crippen molar-refractivity contribution in [2.45, 2.75) is 18.6 Å². The summed E-state index contributed by atoms with van der Waals surface area (Å²) in [6.45, 7) is -1.12. The molecule has 2 unspecified atom stereocenters. The molecule has 126 valence electrons. The second-order valence-electron chi connectivity index (χ2n) is 4.40. The summed E-state index contributed by atoms with van der Waals surface area (Å²) in [6, 6.07) is -0.941. The summed E-state index contributed by atoms with van der Waals surface area (Å²) in [6.07, 6.45) is -0.481. The number of ether oxygens (including phenoxy) is 3. The molecule has 0 bridgehead atoms. The Morgan fingerprint density at radius 2 is 1.91 bits per heavy atom. The molecule has 10 nitrogen and oxygen atoms in total. The molecule has 0 aromatic heterocycles. The van der Waals surface area contributed by atoms with Gasteiger partial charge in [0.2, 0.25) is 5.91 Å². The Kier molecular flexibility index (Phi) is 6.87. The largest absolute Gasteiger partial charge is 0.466 e. The Hall–Kier alpha value is -2.75. The third kappa shape index (κ3) is 6.26. The quantitative estimate of drug-likeness (QED) is 0.226. The molecule has 1 saturated heterocycles. The maximum atomic E-state index is 11.4. The van der Waals surface area contributed by atoms with Crippen molar-refractivity contribution in [3.05, 3.63) is 12.2 Å². The van der Waals surface area contributed by atoms with Crippen LogP contribution in [-0.4, -0.2) is 67.2 Å². The maximum Gasteiger partial charge on any atom is 0.338 e. The standard InChI is InChI=1S/C13H15NO9/c1-21-11(18)2-3-12(19)22-6-9(16)13(20)23-5-7-8(15)4-10(17)14-7/h2-3,7,9,16H,4-6H2,1H3,(H,14,17)/b3-2+. The molecule has 0 radical (unpaired) electrons. The van der Waals surface area contributed by atoms with Gasteiger partial charge in [0.15, 0.2) is 11.9 Å². The van der Waals surface area contributed by atoms with E-state index in [1.165, 1.54) is 0 Å². The molecule has 0 aliphatic carbocycles. The highest BCUT2D eigenvalue weighted by Gasteiger charge is 2.31. The number of aliphatic hydroxyl groups excluding tert-OH is 1. The third-order valence-electron chi connectivity index (χ3n) is 2.66. The van der Waals surface area contributed by atoms with Gasteiger partial charge < -0.3 is 24.6 Å². The number of rotatable bonds is 7. The number of amides is 1. The minimum Gasteiger partial charge on any atom is -0.466 e. The van der Waals surface area contributed by atoms with Gasteiger partial charge in [-0.1, -0.05) is 0 Å². The first-order chi connectivity index (χ1) is 10.8. The van der Waals surface area contributed by atoms with Crippen molar-refractivity contribution >= 4 is 29.6 Å². The number of ketones is 1. The van der Waals surface area contributed by atoms with E-state index >= 15 is 0 Å². The third-order valence-corrected chi connectivity index (χ3v) is 2.66. The van der Waals surface area contributed by atoms with E-state index in [1.807, 2.05) is 0 Å². The Morgan fingerprint density at radius 1 is 1.26 bits per heavy atom. The highest BCUT2D eigenvalue weighted by molar-refractivity contribution is 6.07. The van der Waals surface area contributed by atoms with E-state index in [1.54, 1.807) is 0 Å². The zero-order valence-corrected chi connectivity index (χ0v) is 12.1. The molecule has 1 fully saturated rings. The normalized spacial score (nSPS) is 18.4. The second kappa shape index (κ2) is 8.63. The number of carbonyl (C=O) groups is 5. The molecule has 1 aliphatic heterocycles. The molecule has 0 saturated carbocycles. The highest BCUT2D eigenvalue weighted by atomic mass is 16.6. The van der Waals surface area contributed by atoms with Gasteiger partial charge >= 0.3 is 17.9 Å². The monoisotopic (exact) mass is 329 g/mol. The van der Waals surface area contributed by atoms with Crippen LogP contribution in [0.5, 0.6) is 0 Å². The van der Waals surface area contributed by atoms with Crippen LogP contribution in [-0.2, 0) is 38.2 Å². The van der Waals surface area contributed by atoms with E-state index in [0.29, 0.717) is 0 Å². The van der Waals surface area contributed by atoms with Crippen molar-refractivity contribution in [3.8, 4) is 0 Å². The van der Waals surface area contributed by atoms with Crippen molar-refractivity contribution in [3.63, 3.8) is 0 Å². The van der Waals surface area contributed by atoms with Crippen molar-refractivity contribution in [2.24, 2.45) is 0 Å². The number of carbonyl (C=O) groups excluding carboxylic acids is 5. The lowest BCUT2D eigenvalue weighted by molar-refractivity contribution is -0.160. The summed E-state index contributed by atoms with van der Waals surface area (Å²) in [5, 5.41) is 11.7. The fourth-order valence-corrected chi connectivity index (χ4v) is 1.48. The van der Waals surface area contributed by atoms with E-state index < -0.39 is 55.0 Å². The molecule has 1 heterocycles. The molecule has 2 atom stereocenters. The van der Waals surface area contributed by atoms with Crippen molar-refractivity contribution < 1.29 is 43.3 Å². The van der Waals surface area contributed by atoms with Gasteiger partial charge in [0, 0.05) is 12.2 Å². The topological polar surface area (TPSA) is 145 Å². The minimum atomic E-state index is -1.77. The molecule has 0 spiro atoms. The Balaban J connectivity index is 2.30. The first-order valence-corrected chi connectivity index (χ1v) is 6.43. The number of esters is 3. The van der Waals surface area contributed by atoms with Crippen molar-refractivity contribution in [1.29, 1.82) is 0 Å². The molecular formula is C13H15NO9. The maximum absolute atomic E-state index is 11.4. The first kappa shape index (κ1) is 18.3. The lowest BCUT2D eigenvalue weighted by atomic mass is 10.2. The summed E-state index contributed by atoms with van der Waals surface area (Å²) in [5.41, 5.74) is 0. The van der Waals surface area contributed by atoms with Crippen LogP contribution in [0.2, 0.25) is 0 Å². The van der Waals surface area contributed by atoms with Gasteiger partial charge in [-0.3, -0.25) is 9.59 Å². The molecule has 0 aromatic rings. The zero-order chi connectivity index (χ0) is 17.4. The van der Waals surface area contributed by atoms with Crippen LogP contribution in [0.25, 0.3) is 0 Å². The average Bonchev–Trinajstić information content (AvgIpc) is 2.85. The SMILES string of the molecule is COC(=O)/C=C/C(=O)OCC(O)C(=O)OCC1NC(=O)CC1=O. The number of hydrogen-bond acceptors (Lipinski definition) is 9. The van der Waals surface area contributed by atoms with Crippen LogP contribution < -0.4 is 5.32 Å². The fourth-order valence-electron chi connectivity index (χ4n) is 1.48. The van der Waals surface area contributed by atoms with E-state index in [-0.39, 0.29) is 6.42 Å². The molecule has 1 amide bonds. The molecule has 1 rings (SSSR count). The summed E-state index contributed by atoms with van der Waals surface area (Å²) in [4.78, 5) is 55.5. The van der Waals surface area contributed by atoms with E-state index in [4.69, 9.17) is 0 Å². The van der Waals surface area contributed by atoms with Crippen LogP contribution in [0.3, 0.4) is 0 Å². The number of nitrogens with one attached hydrogen (secondary N) is 1. The number of methoxy groups -OCH3 is 1. The number of Topliss-reactive ketones (excluding diaryl/α,β-unsaturated/α-hetero) is 1. The van der Waals surface area contributed by atoms with Crippen LogP contribution in [0.4, 0.5) is 0 Å². The van der Waals surface area contributed by atoms with E-state index in [9.17, 15) is 29.1 Å². The predicted molar refractivity (Wildman–Crippen MR) is 70.6 cm³/mol. The van der Waals surface area contributed by atoms with Gasteiger partial charge in [-0.05, 0) is 0 Å². The minimum absolute atomic E-state index is 0.283. The smallest absolute Gasteiger partial charge is 0.338 e. The summed E-state index contributed by atoms with van der Waals surface area (Å²) >= 11 is 0. The molecule has 2 N–H and O–H groups in total. The molecule has 0 aromatic carbocycles. The first-order valence-electron chi connectivity index (χ1n) is 6.43. The lowest BCUT2D eigenvalue weighted by Gasteiger charge is -2.13.